The van der Waals surface area contributed by atoms with Crippen LogP contribution < -0.4 is 0 Å². The van der Waals surface area contributed by atoms with Gasteiger partial charge in [-0.25, -0.2) is 0 Å². The van der Waals surface area contributed by atoms with E-state index in [1.54, 1.807) is 11.3 Å². The first-order chi connectivity index (χ1) is 13.2. The summed E-state index contributed by atoms with van der Waals surface area (Å²) in [6.45, 7) is 6.01. The highest BCUT2D eigenvalue weighted by atomic mass is 16.5. The van der Waals surface area contributed by atoms with Crippen LogP contribution in [0.4, 0.5) is 0 Å². The van der Waals surface area contributed by atoms with Gasteiger partial charge in [0.2, 0.25) is 0 Å². The van der Waals surface area contributed by atoms with Gasteiger partial charge in [-0.1, -0.05) is 25.2 Å². The lowest BCUT2D eigenvalue weighted by atomic mass is 9.51. The molecule has 0 amide bonds. The van der Waals surface area contributed by atoms with Crippen LogP contribution in [-0.2, 0) is 4.74 Å². The number of ether oxygens (including phenoxy) is 1. The minimum Gasteiger partial charge on any atom is -0.375 e. The molecule has 27 heavy (non-hydrogen) atoms. The number of likely N-dealkylation sites (tertiary alicyclic amines) is 1. The summed E-state index contributed by atoms with van der Waals surface area (Å²) >= 11 is 0. The number of nitrogens with zero attached hydrogens (tertiary/aromatic N) is 1. The molecule has 2 aliphatic heterocycles. The van der Waals surface area contributed by atoms with Crippen molar-refractivity contribution in [3.8, 4) is 0 Å². The minimum absolute atomic E-state index is 0.0714. The highest BCUT2D eigenvalue weighted by Gasteiger charge is 2.62. The first-order valence-corrected chi connectivity index (χ1v) is 11.7. The SMILES string of the molecule is CC12CCC3C(CC=C4C=C(N5CCCC5)CC[C@@H]43)C1CCC21C=CCO1. The van der Waals surface area contributed by atoms with E-state index in [1.807, 2.05) is 0 Å². The van der Waals surface area contributed by atoms with Crippen molar-refractivity contribution in [1.82, 2.24) is 4.90 Å². The van der Waals surface area contributed by atoms with Gasteiger partial charge in [-0.2, -0.15) is 0 Å². The van der Waals surface area contributed by atoms with Gasteiger partial charge >= 0.3 is 0 Å². The van der Waals surface area contributed by atoms with Crippen molar-refractivity contribution in [3.63, 3.8) is 0 Å². The van der Waals surface area contributed by atoms with Gasteiger partial charge in [-0.05, 0) is 93.1 Å². The molecule has 6 atom stereocenters. The zero-order valence-electron chi connectivity index (χ0n) is 17.0. The van der Waals surface area contributed by atoms with Crippen LogP contribution in [0.3, 0.4) is 0 Å². The van der Waals surface area contributed by atoms with Gasteiger partial charge in [0.25, 0.3) is 0 Å². The average molecular weight is 366 g/mol. The van der Waals surface area contributed by atoms with Crippen LogP contribution in [-0.4, -0.2) is 30.2 Å². The normalized spacial score (nSPS) is 48.3. The fourth-order valence-corrected chi connectivity index (χ4v) is 8.22. The highest BCUT2D eigenvalue weighted by Crippen LogP contribution is 2.66. The Balaban J connectivity index is 1.28. The minimum atomic E-state index is 0.0714. The summed E-state index contributed by atoms with van der Waals surface area (Å²) in [5.74, 6) is 3.54. The highest BCUT2D eigenvalue weighted by molar-refractivity contribution is 5.34. The lowest BCUT2D eigenvalue weighted by Crippen LogP contribution is -2.51. The molecular formula is C25H35NO. The van der Waals surface area contributed by atoms with Crippen molar-refractivity contribution in [2.75, 3.05) is 19.7 Å². The van der Waals surface area contributed by atoms with E-state index in [9.17, 15) is 0 Å². The smallest absolute Gasteiger partial charge is 0.0923 e. The molecule has 6 aliphatic rings. The number of allylic oxidation sites excluding steroid dienone is 4. The van der Waals surface area contributed by atoms with Crippen molar-refractivity contribution in [3.05, 3.63) is 35.6 Å². The summed E-state index contributed by atoms with van der Waals surface area (Å²) < 4.78 is 6.39. The Labute approximate surface area is 164 Å². The molecular weight excluding hydrogens is 330 g/mol. The third-order valence-electron chi connectivity index (χ3n) is 9.63. The molecule has 2 saturated carbocycles. The van der Waals surface area contributed by atoms with Gasteiger partial charge in [0.1, 0.15) is 0 Å². The molecule has 2 heterocycles. The molecule has 2 nitrogen and oxygen atoms in total. The summed E-state index contributed by atoms with van der Waals surface area (Å²) in [6.07, 6.45) is 22.3. The standard InChI is InChI=1S/C25H35NO/c1-24-12-9-21-20-8-6-19(26-14-2-3-15-26)17-18(20)5-7-22(21)23(24)10-13-25(24)11-4-16-27-25/h4-5,11,17,20-23H,2-3,6-10,12-16H2,1H3/t20-,21?,22?,23?,24?,25?/m0/s1. The van der Waals surface area contributed by atoms with E-state index in [0.29, 0.717) is 5.41 Å². The summed E-state index contributed by atoms with van der Waals surface area (Å²) in [6, 6.07) is 0. The molecule has 1 spiro atoms. The lowest BCUT2D eigenvalue weighted by Gasteiger charge is -2.55. The number of hydrogen-bond donors (Lipinski definition) is 0. The van der Waals surface area contributed by atoms with Crippen molar-refractivity contribution < 1.29 is 4.74 Å². The predicted octanol–water partition coefficient (Wildman–Crippen LogP) is 5.47. The summed E-state index contributed by atoms with van der Waals surface area (Å²) in [5, 5.41) is 0. The van der Waals surface area contributed by atoms with Crippen LogP contribution in [0.2, 0.25) is 0 Å². The maximum atomic E-state index is 6.39. The topological polar surface area (TPSA) is 12.5 Å². The van der Waals surface area contributed by atoms with Crippen molar-refractivity contribution >= 4 is 0 Å². The molecule has 4 aliphatic carbocycles. The molecule has 1 saturated heterocycles. The molecule has 0 radical (unpaired) electrons. The maximum Gasteiger partial charge on any atom is 0.0923 e. The Morgan fingerprint density at radius 1 is 1.07 bits per heavy atom. The van der Waals surface area contributed by atoms with E-state index in [-0.39, 0.29) is 5.60 Å². The van der Waals surface area contributed by atoms with E-state index in [2.05, 4.69) is 36.1 Å². The van der Waals surface area contributed by atoms with E-state index in [4.69, 9.17) is 4.74 Å². The van der Waals surface area contributed by atoms with Crippen LogP contribution in [0, 0.1) is 29.1 Å². The van der Waals surface area contributed by atoms with Crippen LogP contribution in [0.15, 0.2) is 35.6 Å². The number of rotatable bonds is 1. The van der Waals surface area contributed by atoms with Gasteiger partial charge in [0.05, 0.1) is 12.2 Å². The third kappa shape index (κ3) is 2.29. The van der Waals surface area contributed by atoms with Crippen LogP contribution in [0.25, 0.3) is 0 Å². The Bertz CT molecular complexity index is 714. The van der Waals surface area contributed by atoms with E-state index < -0.39 is 0 Å². The van der Waals surface area contributed by atoms with Crippen LogP contribution in [0.1, 0.15) is 64.7 Å². The quantitative estimate of drug-likeness (QED) is 0.571. The molecule has 146 valence electrons. The second kappa shape index (κ2) is 5.99. The van der Waals surface area contributed by atoms with Crippen LogP contribution >= 0.6 is 0 Å². The lowest BCUT2D eigenvalue weighted by molar-refractivity contribution is -0.107. The largest absolute Gasteiger partial charge is 0.375 e. The van der Waals surface area contributed by atoms with Crippen molar-refractivity contribution in [2.24, 2.45) is 29.1 Å². The molecule has 0 aromatic rings. The molecule has 2 heteroatoms. The van der Waals surface area contributed by atoms with Crippen molar-refractivity contribution in [1.29, 1.82) is 0 Å². The zero-order valence-corrected chi connectivity index (χ0v) is 17.0. The molecule has 0 aromatic heterocycles. The molecule has 0 N–H and O–H groups in total. The number of hydrogen-bond acceptors (Lipinski definition) is 2. The van der Waals surface area contributed by atoms with E-state index >= 15 is 0 Å². The molecule has 3 fully saturated rings. The third-order valence-corrected chi connectivity index (χ3v) is 9.63. The van der Waals surface area contributed by atoms with Crippen molar-refractivity contribution in [2.45, 2.75) is 70.3 Å². The maximum absolute atomic E-state index is 6.39. The number of fused-ring (bicyclic) bond motifs is 6. The predicted molar refractivity (Wildman–Crippen MR) is 109 cm³/mol. The molecule has 0 bridgehead atoms. The van der Waals surface area contributed by atoms with Gasteiger partial charge in [0, 0.05) is 24.2 Å². The van der Waals surface area contributed by atoms with Gasteiger partial charge in [-0.3, -0.25) is 0 Å². The summed E-state index contributed by atoms with van der Waals surface area (Å²) in [4.78, 5) is 2.67. The summed E-state index contributed by atoms with van der Waals surface area (Å²) in [7, 11) is 0. The Morgan fingerprint density at radius 2 is 1.96 bits per heavy atom. The van der Waals surface area contributed by atoms with E-state index in [1.165, 1.54) is 70.9 Å². The second-order valence-corrected chi connectivity index (χ2v) is 10.4. The monoisotopic (exact) mass is 365 g/mol. The Morgan fingerprint density at radius 3 is 2.78 bits per heavy atom. The Kier molecular flexibility index (Phi) is 3.75. The van der Waals surface area contributed by atoms with E-state index in [0.717, 1.165) is 30.3 Å². The Hall–Kier alpha value is -1.02. The fraction of sp³-hybridized carbons (Fsp3) is 0.760. The molecule has 0 aromatic carbocycles. The van der Waals surface area contributed by atoms with Crippen LogP contribution in [0.5, 0.6) is 0 Å². The zero-order chi connectivity index (χ0) is 18.1. The first-order valence-electron chi connectivity index (χ1n) is 11.7. The summed E-state index contributed by atoms with van der Waals surface area (Å²) in [5.41, 5.74) is 3.80. The molecule has 6 rings (SSSR count). The molecule has 5 unspecified atom stereocenters. The first kappa shape index (κ1) is 16.9. The van der Waals surface area contributed by atoms with Gasteiger partial charge in [-0.15, -0.1) is 0 Å². The second-order valence-electron chi connectivity index (χ2n) is 10.4. The fourth-order valence-electron chi connectivity index (χ4n) is 8.22. The average Bonchev–Trinajstić information content (AvgIpc) is 3.43. The van der Waals surface area contributed by atoms with Gasteiger partial charge in [0.15, 0.2) is 0 Å². The van der Waals surface area contributed by atoms with Gasteiger partial charge < -0.3 is 9.64 Å².